The van der Waals surface area contributed by atoms with E-state index in [0.29, 0.717) is 4.77 Å². The van der Waals surface area contributed by atoms with E-state index in [9.17, 15) is 4.39 Å². The van der Waals surface area contributed by atoms with E-state index < -0.39 is 0 Å². The first-order chi connectivity index (χ1) is 7.22. The van der Waals surface area contributed by atoms with Crippen LogP contribution in [-0.4, -0.2) is 21.6 Å². The van der Waals surface area contributed by atoms with E-state index in [4.69, 9.17) is 12.2 Å². The lowest BCUT2D eigenvalue weighted by Gasteiger charge is -2.01. The van der Waals surface area contributed by atoms with E-state index >= 15 is 0 Å². The first-order valence-corrected chi connectivity index (χ1v) is 6.39. The van der Waals surface area contributed by atoms with Crippen LogP contribution in [0.4, 0.5) is 4.39 Å². The lowest BCUT2D eigenvalue weighted by molar-refractivity contribution is 0.629. The van der Waals surface area contributed by atoms with Crippen LogP contribution in [0.5, 0.6) is 0 Å². The fraction of sp³-hybridized carbons (Fsp3) is 0.300. The van der Waals surface area contributed by atoms with E-state index in [1.165, 1.54) is 12.1 Å². The maximum absolute atomic E-state index is 13.0. The van der Waals surface area contributed by atoms with Crippen LogP contribution in [0.3, 0.4) is 0 Å². The number of H-pyrrole nitrogens is 1. The molecule has 1 N–H and O–H groups in total. The summed E-state index contributed by atoms with van der Waals surface area (Å²) in [7, 11) is 0. The van der Waals surface area contributed by atoms with Gasteiger partial charge in [-0.05, 0) is 36.7 Å². The number of fused-ring (bicyclic) bond motifs is 1. The van der Waals surface area contributed by atoms with Crippen molar-refractivity contribution in [2.45, 2.75) is 6.54 Å². The number of aromatic amines is 1. The van der Waals surface area contributed by atoms with Crippen molar-refractivity contribution < 1.29 is 4.39 Å². The molecule has 2 aromatic rings. The molecule has 15 heavy (non-hydrogen) atoms. The Hall–Kier alpha value is -0.810. The fourth-order valence-corrected chi connectivity index (χ4v) is 2.21. The molecule has 2 rings (SSSR count). The Morgan fingerprint density at radius 2 is 2.33 bits per heavy atom. The molecule has 2 nitrogen and oxygen atoms in total. The number of imidazole rings is 1. The molecule has 0 bridgehead atoms. The van der Waals surface area contributed by atoms with Crippen molar-refractivity contribution in [2.75, 3.05) is 12.0 Å². The van der Waals surface area contributed by atoms with Gasteiger partial charge < -0.3 is 9.55 Å². The molecule has 0 unspecified atom stereocenters. The number of aryl methyl sites for hydroxylation is 1. The van der Waals surface area contributed by atoms with Gasteiger partial charge in [-0.25, -0.2) is 4.39 Å². The first kappa shape index (κ1) is 10.7. The van der Waals surface area contributed by atoms with Gasteiger partial charge in [-0.15, -0.1) is 0 Å². The summed E-state index contributed by atoms with van der Waals surface area (Å²) in [5.74, 6) is 0.759. The summed E-state index contributed by atoms with van der Waals surface area (Å²) in [5, 5.41) is 0. The first-order valence-electron chi connectivity index (χ1n) is 4.59. The van der Waals surface area contributed by atoms with Crippen LogP contribution in [0.1, 0.15) is 0 Å². The van der Waals surface area contributed by atoms with Gasteiger partial charge in [-0.1, -0.05) is 0 Å². The van der Waals surface area contributed by atoms with Crippen molar-refractivity contribution in [3.63, 3.8) is 0 Å². The predicted molar refractivity (Wildman–Crippen MR) is 65.5 cm³/mol. The zero-order valence-corrected chi connectivity index (χ0v) is 9.92. The Morgan fingerprint density at radius 3 is 3.07 bits per heavy atom. The summed E-state index contributed by atoms with van der Waals surface area (Å²) in [5.41, 5.74) is 1.73. The zero-order chi connectivity index (χ0) is 10.8. The van der Waals surface area contributed by atoms with Crippen LogP contribution in [0.25, 0.3) is 11.0 Å². The van der Waals surface area contributed by atoms with Crippen LogP contribution in [0, 0.1) is 10.6 Å². The number of hydrogen-bond acceptors (Lipinski definition) is 2. The van der Waals surface area contributed by atoms with Gasteiger partial charge in [0.05, 0.1) is 11.0 Å². The van der Waals surface area contributed by atoms with Crippen molar-refractivity contribution in [3.05, 3.63) is 28.8 Å². The molecule has 0 fully saturated rings. The Kier molecular flexibility index (Phi) is 3.11. The molecule has 0 aliphatic heterocycles. The predicted octanol–water partition coefficient (Wildman–Crippen LogP) is 3.20. The SMILES string of the molecule is CSCCn1c(=S)[nH]c2cc(F)ccc21. The molecule has 0 amide bonds. The quantitative estimate of drug-likeness (QED) is 0.834. The van der Waals surface area contributed by atoms with Crippen LogP contribution in [-0.2, 0) is 6.54 Å². The monoisotopic (exact) mass is 242 g/mol. The summed E-state index contributed by atoms with van der Waals surface area (Å²) in [6.07, 6.45) is 2.05. The minimum atomic E-state index is -0.240. The molecule has 0 spiro atoms. The summed E-state index contributed by atoms with van der Waals surface area (Å²) in [4.78, 5) is 3.01. The molecular weight excluding hydrogens is 231 g/mol. The van der Waals surface area contributed by atoms with E-state index in [2.05, 4.69) is 11.2 Å². The molecule has 1 heterocycles. The molecule has 1 aromatic heterocycles. The Morgan fingerprint density at radius 1 is 1.53 bits per heavy atom. The van der Waals surface area contributed by atoms with Gasteiger partial charge >= 0.3 is 0 Å². The highest BCUT2D eigenvalue weighted by atomic mass is 32.2. The second-order valence-electron chi connectivity index (χ2n) is 3.24. The number of aromatic nitrogens is 2. The maximum Gasteiger partial charge on any atom is 0.178 e. The Balaban J connectivity index is 2.53. The maximum atomic E-state index is 13.0. The lowest BCUT2D eigenvalue weighted by Crippen LogP contribution is -1.99. The normalized spacial score (nSPS) is 11.1. The van der Waals surface area contributed by atoms with Crippen LogP contribution < -0.4 is 0 Å². The third-order valence-electron chi connectivity index (χ3n) is 2.26. The number of benzene rings is 1. The highest BCUT2D eigenvalue weighted by Crippen LogP contribution is 2.15. The number of thioether (sulfide) groups is 1. The van der Waals surface area contributed by atoms with Gasteiger partial charge in [-0.3, -0.25) is 0 Å². The molecule has 0 aliphatic carbocycles. The van der Waals surface area contributed by atoms with Gasteiger partial charge in [-0.2, -0.15) is 11.8 Å². The topological polar surface area (TPSA) is 20.7 Å². The molecule has 80 valence electrons. The van der Waals surface area contributed by atoms with Crippen molar-refractivity contribution in [2.24, 2.45) is 0 Å². The van der Waals surface area contributed by atoms with E-state index in [0.717, 1.165) is 23.3 Å². The average Bonchev–Trinajstić information content (AvgIpc) is 2.50. The minimum Gasteiger partial charge on any atom is -0.330 e. The molecule has 1 aromatic carbocycles. The zero-order valence-electron chi connectivity index (χ0n) is 8.29. The van der Waals surface area contributed by atoms with Crippen molar-refractivity contribution >= 4 is 35.0 Å². The summed E-state index contributed by atoms with van der Waals surface area (Å²) < 4.78 is 15.6. The molecule has 0 radical (unpaired) electrons. The van der Waals surface area contributed by atoms with E-state index in [-0.39, 0.29) is 5.82 Å². The van der Waals surface area contributed by atoms with Crippen LogP contribution in [0.2, 0.25) is 0 Å². The van der Waals surface area contributed by atoms with Crippen molar-refractivity contribution in [1.29, 1.82) is 0 Å². The largest absolute Gasteiger partial charge is 0.330 e. The van der Waals surface area contributed by atoms with Crippen LogP contribution >= 0.6 is 24.0 Å². The lowest BCUT2D eigenvalue weighted by atomic mass is 10.3. The highest BCUT2D eigenvalue weighted by Gasteiger charge is 2.04. The minimum absolute atomic E-state index is 0.240. The molecule has 5 heteroatoms. The van der Waals surface area contributed by atoms with E-state index in [1.807, 2.05) is 4.57 Å². The number of rotatable bonds is 3. The van der Waals surface area contributed by atoms with Crippen molar-refractivity contribution in [3.8, 4) is 0 Å². The van der Waals surface area contributed by atoms with Gasteiger partial charge in [0.15, 0.2) is 4.77 Å². The van der Waals surface area contributed by atoms with Crippen LogP contribution in [0.15, 0.2) is 18.2 Å². The van der Waals surface area contributed by atoms with E-state index in [1.54, 1.807) is 17.8 Å². The standard InChI is InChI=1S/C10H11FN2S2/c1-15-5-4-13-9-3-2-7(11)6-8(9)12-10(13)14/h2-3,6H,4-5H2,1H3,(H,12,14). The summed E-state index contributed by atoms with van der Waals surface area (Å²) in [6, 6.07) is 4.69. The third kappa shape index (κ3) is 2.08. The van der Waals surface area contributed by atoms with Gasteiger partial charge in [0.1, 0.15) is 5.82 Å². The average molecular weight is 242 g/mol. The molecule has 0 atom stereocenters. The molecule has 0 saturated heterocycles. The Labute approximate surface area is 96.5 Å². The van der Waals surface area contributed by atoms with Gasteiger partial charge in [0, 0.05) is 12.3 Å². The van der Waals surface area contributed by atoms with Gasteiger partial charge in [0.25, 0.3) is 0 Å². The summed E-state index contributed by atoms with van der Waals surface area (Å²) in [6.45, 7) is 0.853. The second kappa shape index (κ2) is 4.37. The molecular formula is C10H11FN2S2. The molecule has 0 saturated carbocycles. The number of hydrogen-bond donors (Lipinski definition) is 1. The second-order valence-corrected chi connectivity index (χ2v) is 4.61. The molecule has 0 aliphatic rings. The number of nitrogens with zero attached hydrogens (tertiary/aromatic N) is 1. The number of halogens is 1. The van der Waals surface area contributed by atoms with Crippen molar-refractivity contribution in [1.82, 2.24) is 9.55 Å². The fourth-order valence-electron chi connectivity index (χ4n) is 1.54. The number of nitrogens with one attached hydrogen (secondary N) is 1. The van der Waals surface area contributed by atoms with Gasteiger partial charge in [0.2, 0.25) is 0 Å². The smallest absolute Gasteiger partial charge is 0.178 e. The summed E-state index contributed by atoms with van der Waals surface area (Å²) >= 11 is 6.95. The Bertz CT molecular complexity index is 530. The highest BCUT2D eigenvalue weighted by molar-refractivity contribution is 7.98. The third-order valence-corrected chi connectivity index (χ3v) is 3.17.